The highest BCUT2D eigenvalue weighted by molar-refractivity contribution is 5.99. The first-order valence-corrected chi connectivity index (χ1v) is 8.81. The van der Waals surface area contributed by atoms with Gasteiger partial charge in [-0.3, -0.25) is 14.4 Å². The smallest absolute Gasteiger partial charge is 0.246 e. The molecule has 0 bridgehead atoms. The number of nitrogens with zero attached hydrogens (tertiary/aromatic N) is 4. The van der Waals surface area contributed by atoms with Gasteiger partial charge in [-0.1, -0.05) is 6.07 Å². The summed E-state index contributed by atoms with van der Waals surface area (Å²) in [6, 6.07) is 8.06. The fraction of sp³-hybridized carbons (Fsp3) is 0.316. The van der Waals surface area contributed by atoms with Gasteiger partial charge < -0.3 is 20.1 Å². The van der Waals surface area contributed by atoms with Crippen LogP contribution in [-0.2, 0) is 20.8 Å². The number of benzene rings is 1. The van der Waals surface area contributed by atoms with Crippen LogP contribution in [0.2, 0.25) is 0 Å². The second-order valence-corrected chi connectivity index (χ2v) is 6.50. The topological polar surface area (TPSA) is 122 Å². The molecule has 1 saturated heterocycles. The number of hydrogen-bond acceptors (Lipinski definition) is 5. The molecular formula is C19H20N6O3. The van der Waals surface area contributed by atoms with Crippen molar-refractivity contribution in [1.82, 2.24) is 20.2 Å². The predicted molar refractivity (Wildman–Crippen MR) is 100.0 cm³/mol. The number of piperazine rings is 1. The monoisotopic (exact) mass is 380 g/mol. The van der Waals surface area contributed by atoms with Gasteiger partial charge in [0.2, 0.25) is 17.7 Å². The molecule has 1 aromatic heterocycles. The number of anilines is 1. The first kappa shape index (κ1) is 19.1. The number of H-pyrrole nitrogens is 1. The molecule has 144 valence electrons. The molecule has 1 fully saturated rings. The van der Waals surface area contributed by atoms with Gasteiger partial charge in [0.25, 0.3) is 0 Å². The number of aromatic nitrogens is 2. The summed E-state index contributed by atoms with van der Waals surface area (Å²) < 4.78 is 0. The summed E-state index contributed by atoms with van der Waals surface area (Å²) in [5.74, 6) is -0.877. The van der Waals surface area contributed by atoms with Gasteiger partial charge in [0.05, 0.1) is 18.0 Å². The highest BCUT2D eigenvalue weighted by atomic mass is 16.2. The third-order valence-electron chi connectivity index (χ3n) is 4.47. The normalized spacial score (nSPS) is 15.1. The summed E-state index contributed by atoms with van der Waals surface area (Å²) in [6.07, 6.45) is 3.35. The molecule has 0 spiro atoms. The number of imidazole rings is 1. The van der Waals surface area contributed by atoms with Crippen molar-refractivity contribution in [3.63, 3.8) is 0 Å². The lowest BCUT2D eigenvalue weighted by Gasteiger charge is -2.36. The second kappa shape index (κ2) is 8.35. The maximum Gasteiger partial charge on any atom is 0.246 e. The summed E-state index contributed by atoms with van der Waals surface area (Å²) in [6.45, 7) is 1.91. The number of nitrogens with one attached hydrogen (secondary N) is 2. The molecule has 1 aromatic carbocycles. The van der Waals surface area contributed by atoms with E-state index >= 15 is 0 Å². The minimum absolute atomic E-state index is 0.0886. The summed E-state index contributed by atoms with van der Waals surface area (Å²) in [7, 11) is 0. The zero-order valence-corrected chi connectivity index (χ0v) is 15.4. The molecule has 2 N–H and O–H groups in total. The molecule has 3 rings (SSSR count). The molecule has 0 unspecified atom stereocenters. The molecule has 3 amide bonds. The number of carbonyl (C=O) groups is 3. The highest BCUT2D eigenvalue weighted by Gasteiger charge is 2.32. The van der Waals surface area contributed by atoms with E-state index in [2.05, 4.69) is 21.4 Å². The van der Waals surface area contributed by atoms with Crippen LogP contribution in [-0.4, -0.2) is 58.3 Å². The van der Waals surface area contributed by atoms with Gasteiger partial charge in [0.15, 0.2) is 0 Å². The summed E-state index contributed by atoms with van der Waals surface area (Å²) in [4.78, 5) is 46.9. The maximum absolute atomic E-state index is 12.9. The summed E-state index contributed by atoms with van der Waals surface area (Å²) in [5.41, 5.74) is 1.81. The van der Waals surface area contributed by atoms with Crippen LogP contribution in [0.25, 0.3) is 0 Å². The average Bonchev–Trinajstić information content (AvgIpc) is 3.19. The van der Waals surface area contributed by atoms with Gasteiger partial charge in [-0.05, 0) is 18.2 Å². The van der Waals surface area contributed by atoms with Crippen molar-refractivity contribution >= 4 is 23.4 Å². The van der Waals surface area contributed by atoms with Crippen molar-refractivity contribution in [2.45, 2.75) is 19.4 Å². The van der Waals surface area contributed by atoms with E-state index in [9.17, 15) is 14.4 Å². The van der Waals surface area contributed by atoms with Crippen LogP contribution in [0.3, 0.4) is 0 Å². The molecule has 1 aliphatic rings. The molecule has 1 atom stereocenters. The second-order valence-electron chi connectivity index (χ2n) is 6.50. The Labute approximate surface area is 162 Å². The van der Waals surface area contributed by atoms with Gasteiger partial charge in [0, 0.05) is 44.0 Å². The zero-order chi connectivity index (χ0) is 20.1. The number of nitriles is 1. The number of aromatic amines is 1. The zero-order valence-electron chi connectivity index (χ0n) is 15.4. The Morgan fingerprint density at radius 1 is 1.39 bits per heavy atom. The largest absolute Gasteiger partial charge is 0.348 e. The van der Waals surface area contributed by atoms with E-state index in [0.29, 0.717) is 30.0 Å². The van der Waals surface area contributed by atoms with Crippen molar-refractivity contribution in [3.8, 4) is 6.07 Å². The average molecular weight is 380 g/mol. The Kier molecular flexibility index (Phi) is 5.69. The molecule has 1 aliphatic heterocycles. The van der Waals surface area contributed by atoms with Crippen molar-refractivity contribution < 1.29 is 14.4 Å². The van der Waals surface area contributed by atoms with Gasteiger partial charge in [0.1, 0.15) is 12.6 Å². The Hall–Kier alpha value is -3.67. The van der Waals surface area contributed by atoms with Crippen LogP contribution in [0.15, 0.2) is 36.8 Å². The molecule has 0 aliphatic carbocycles. The number of hydrogen-bond donors (Lipinski definition) is 2. The first-order chi connectivity index (χ1) is 13.5. The van der Waals surface area contributed by atoms with E-state index < -0.39 is 6.04 Å². The van der Waals surface area contributed by atoms with E-state index in [1.165, 1.54) is 18.2 Å². The van der Waals surface area contributed by atoms with Gasteiger partial charge in [-0.15, -0.1) is 0 Å². The van der Waals surface area contributed by atoms with Crippen molar-refractivity contribution in [2.24, 2.45) is 0 Å². The van der Waals surface area contributed by atoms with Crippen LogP contribution in [0.5, 0.6) is 0 Å². The highest BCUT2D eigenvalue weighted by Crippen LogP contribution is 2.19. The Morgan fingerprint density at radius 3 is 2.86 bits per heavy atom. The Bertz CT molecular complexity index is 918. The Balaban J connectivity index is 1.70. The van der Waals surface area contributed by atoms with Crippen LogP contribution in [0, 0.1) is 11.3 Å². The fourth-order valence-corrected chi connectivity index (χ4v) is 3.16. The van der Waals surface area contributed by atoms with Crippen LogP contribution in [0.4, 0.5) is 5.69 Å². The minimum Gasteiger partial charge on any atom is -0.348 e. The van der Waals surface area contributed by atoms with Crippen LogP contribution < -0.4 is 10.2 Å². The third kappa shape index (κ3) is 4.35. The predicted octanol–water partition coefficient (Wildman–Crippen LogP) is 0.204. The standard InChI is InChI=1S/C19H20N6O3/c1-13(26)23-17(8-15-10-21-12-22-15)19(28)24-5-6-25(18(27)11-24)16-4-2-3-14(7-16)9-20/h2-4,7,10,12,17H,5-6,8,11H2,1H3,(H,21,22)(H,23,26)/t17-/m0/s1. The lowest BCUT2D eigenvalue weighted by Crippen LogP contribution is -2.57. The van der Waals surface area contributed by atoms with Gasteiger partial charge in [-0.25, -0.2) is 4.98 Å². The van der Waals surface area contributed by atoms with E-state index in [4.69, 9.17) is 5.26 Å². The summed E-state index contributed by atoms with van der Waals surface area (Å²) >= 11 is 0. The number of rotatable bonds is 5. The molecule has 2 aromatic rings. The number of amides is 3. The molecule has 2 heterocycles. The van der Waals surface area contributed by atoms with Crippen molar-refractivity contribution in [3.05, 3.63) is 48.0 Å². The SMILES string of the molecule is CC(=O)N[C@@H](Cc1cnc[nH]1)C(=O)N1CCN(c2cccc(C#N)c2)C(=O)C1. The molecule has 9 heteroatoms. The Morgan fingerprint density at radius 2 is 2.21 bits per heavy atom. The van der Waals surface area contributed by atoms with Crippen LogP contribution >= 0.6 is 0 Å². The lowest BCUT2D eigenvalue weighted by molar-refractivity contribution is -0.140. The summed E-state index contributed by atoms with van der Waals surface area (Å²) in [5, 5.41) is 11.7. The third-order valence-corrected chi connectivity index (χ3v) is 4.47. The van der Waals surface area contributed by atoms with E-state index in [-0.39, 0.29) is 30.7 Å². The van der Waals surface area contributed by atoms with Gasteiger partial charge in [-0.2, -0.15) is 5.26 Å². The van der Waals surface area contributed by atoms with E-state index in [1.807, 2.05) is 0 Å². The van der Waals surface area contributed by atoms with E-state index in [0.717, 1.165) is 0 Å². The van der Waals surface area contributed by atoms with Crippen LogP contribution in [0.1, 0.15) is 18.2 Å². The molecule has 0 radical (unpaired) electrons. The lowest BCUT2D eigenvalue weighted by atomic mass is 10.1. The van der Waals surface area contributed by atoms with Crippen molar-refractivity contribution in [1.29, 1.82) is 5.26 Å². The fourth-order valence-electron chi connectivity index (χ4n) is 3.16. The van der Waals surface area contributed by atoms with Gasteiger partial charge >= 0.3 is 0 Å². The molecular weight excluding hydrogens is 360 g/mol. The minimum atomic E-state index is -0.779. The maximum atomic E-state index is 12.9. The van der Waals surface area contributed by atoms with E-state index in [1.54, 1.807) is 35.4 Å². The molecule has 0 saturated carbocycles. The molecule has 9 nitrogen and oxygen atoms in total. The van der Waals surface area contributed by atoms with Crippen molar-refractivity contribution in [2.75, 3.05) is 24.5 Å². The first-order valence-electron chi connectivity index (χ1n) is 8.81. The molecule has 28 heavy (non-hydrogen) atoms. The number of carbonyl (C=O) groups excluding carboxylic acids is 3. The quantitative estimate of drug-likeness (QED) is 0.767.